The zero-order chi connectivity index (χ0) is 24.4. The number of hydrogen-bond acceptors (Lipinski definition) is 5. The van der Waals surface area contributed by atoms with Crippen LogP contribution in [0.1, 0.15) is 37.9 Å². The molecular weight excluding hydrogens is 484 g/mol. The smallest absolute Gasteiger partial charge is 0.251 e. The molecule has 7 nitrogen and oxygen atoms in total. The first kappa shape index (κ1) is 26.7. The second kappa shape index (κ2) is 11.2. The molecule has 0 spiro atoms. The van der Waals surface area contributed by atoms with Crippen molar-refractivity contribution in [1.29, 1.82) is 0 Å². The van der Waals surface area contributed by atoms with E-state index in [-0.39, 0.29) is 36.0 Å². The van der Waals surface area contributed by atoms with Crippen molar-refractivity contribution < 1.29 is 14.4 Å². The van der Waals surface area contributed by atoms with Gasteiger partial charge in [0.2, 0.25) is 11.8 Å². The molecule has 1 aliphatic rings. The normalized spacial score (nSPS) is 16.4. The van der Waals surface area contributed by atoms with Crippen LogP contribution < -0.4 is 16.0 Å². The van der Waals surface area contributed by atoms with Gasteiger partial charge in [0, 0.05) is 22.3 Å². The van der Waals surface area contributed by atoms with Crippen LogP contribution in [0.15, 0.2) is 53.9 Å². The standard InChI is InChI=1S/C26H30N4O3S.ClH/c1-15(2)22(29-24(31)16(3)27-4)26(33)30-14-17-8-5-6-9-18(17)23(30)25(32)28-20-10-7-11-21-19(20)12-13-34-21;/h5-13,15-16,22-23,27H,14H2,1-4H3,(H,28,32)(H,29,31);1H/t16?,22?,23-;/m0./s1. The Balaban J connectivity index is 0.00000342. The summed E-state index contributed by atoms with van der Waals surface area (Å²) in [5, 5.41) is 11.8. The van der Waals surface area contributed by atoms with Gasteiger partial charge >= 0.3 is 0 Å². The maximum atomic E-state index is 13.8. The van der Waals surface area contributed by atoms with Gasteiger partial charge in [-0.2, -0.15) is 0 Å². The lowest BCUT2D eigenvalue weighted by atomic mass is 10.0. The fourth-order valence-electron chi connectivity index (χ4n) is 4.28. The minimum Gasteiger partial charge on any atom is -0.343 e. The molecule has 0 aliphatic carbocycles. The summed E-state index contributed by atoms with van der Waals surface area (Å²) in [6, 6.07) is 13.4. The second-order valence-corrected chi connectivity index (χ2v) is 9.88. The summed E-state index contributed by atoms with van der Waals surface area (Å²) >= 11 is 1.61. The molecule has 2 aromatic carbocycles. The molecule has 4 rings (SSSR count). The highest BCUT2D eigenvalue weighted by molar-refractivity contribution is 7.17. The first-order valence-corrected chi connectivity index (χ1v) is 12.3. The Bertz CT molecular complexity index is 1230. The Hall–Kier alpha value is -2.94. The molecular formula is C26H31ClN4O3S. The van der Waals surface area contributed by atoms with Crippen molar-refractivity contribution in [3.8, 4) is 0 Å². The van der Waals surface area contributed by atoms with E-state index in [1.165, 1.54) is 0 Å². The van der Waals surface area contributed by atoms with E-state index in [2.05, 4.69) is 16.0 Å². The summed E-state index contributed by atoms with van der Waals surface area (Å²) in [6.07, 6.45) is 0. The molecule has 0 saturated heterocycles. The predicted octanol–water partition coefficient (Wildman–Crippen LogP) is 4.09. The quantitative estimate of drug-likeness (QED) is 0.443. The second-order valence-electron chi connectivity index (χ2n) is 8.94. The number of nitrogens with one attached hydrogen (secondary N) is 3. The number of carbonyl (C=O) groups is 3. The SMILES string of the molecule is CNC(C)C(=O)NC(C(=O)N1Cc2ccccc2[C@H]1C(=O)Nc1cccc2sccc12)C(C)C.Cl. The first-order chi connectivity index (χ1) is 16.3. The molecule has 3 N–H and O–H groups in total. The number of nitrogens with zero attached hydrogens (tertiary/aromatic N) is 1. The highest BCUT2D eigenvalue weighted by Crippen LogP contribution is 2.36. The van der Waals surface area contributed by atoms with Gasteiger partial charge in [0.1, 0.15) is 12.1 Å². The van der Waals surface area contributed by atoms with Crippen LogP contribution in [0.3, 0.4) is 0 Å². The van der Waals surface area contributed by atoms with E-state index < -0.39 is 18.1 Å². The van der Waals surface area contributed by atoms with E-state index in [0.717, 1.165) is 26.9 Å². The highest BCUT2D eigenvalue weighted by Gasteiger charge is 2.42. The molecule has 0 radical (unpaired) electrons. The number of carbonyl (C=O) groups excluding carboxylic acids is 3. The van der Waals surface area contributed by atoms with Crippen molar-refractivity contribution in [1.82, 2.24) is 15.5 Å². The molecule has 35 heavy (non-hydrogen) atoms. The van der Waals surface area contributed by atoms with E-state index in [0.29, 0.717) is 6.54 Å². The molecule has 2 heterocycles. The van der Waals surface area contributed by atoms with Gasteiger partial charge in [-0.05, 0) is 54.6 Å². The van der Waals surface area contributed by atoms with Crippen molar-refractivity contribution in [2.24, 2.45) is 5.92 Å². The summed E-state index contributed by atoms with van der Waals surface area (Å²) in [7, 11) is 1.70. The fraction of sp³-hybridized carbons (Fsp3) is 0.346. The lowest BCUT2D eigenvalue weighted by molar-refractivity contribution is -0.143. The van der Waals surface area contributed by atoms with Crippen LogP contribution in [0.25, 0.3) is 10.1 Å². The Morgan fingerprint density at radius 2 is 1.77 bits per heavy atom. The Morgan fingerprint density at radius 1 is 1.03 bits per heavy atom. The lowest BCUT2D eigenvalue weighted by Gasteiger charge is -2.31. The topological polar surface area (TPSA) is 90.5 Å². The predicted molar refractivity (Wildman–Crippen MR) is 143 cm³/mol. The van der Waals surface area contributed by atoms with Gasteiger partial charge in [-0.3, -0.25) is 14.4 Å². The average Bonchev–Trinajstić information content (AvgIpc) is 3.46. The number of rotatable bonds is 7. The van der Waals surface area contributed by atoms with Gasteiger partial charge in [0.05, 0.1) is 6.04 Å². The third-order valence-corrected chi connectivity index (χ3v) is 7.23. The Kier molecular flexibility index (Phi) is 8.53. The summed E-state index contributed by atoms with van der Waals surface area (Å²) in [4.78, 5) is 41.5. The van der Waals surface area contributed by atoms with Crippen LogP contribution in [-0.4, -0.2) is 41.8 Å². The van der Waals surface area contributed by atoms with Crippen LogP contribution in [0.4, 0.5) is 5.69 Å². The number of halogens is 1. The zero-order valence-corrected chi connectivity index (χ0v) is 21.8. The third kappa shape index (κ3) is 5.34. The highest BCUT2D eigenvalue weighted by atomic mass is 35.5. The van der Waals surface area contributed by atoms with E-state index in [1.54, 1.807) is 30.2 Å². The number of amides is 3. The average molecular weight is 515 g/mol. The monoisotopic (exact) mass is 514 g/mol. The number of hydrogen-bond donors (Lipinski definition) is 3. The lowest BCUT2D eigenvalue weighted by Crippen LogP contribution is -2.55. The van der Waals surface area contributed by atoms with Crippen molar-refractivity contribution in [2.75, 3.05) is 12.4 Å². The molecule has 3 aromatic rings. The van der Waals surface area contributed by atoms with E-state index in [4.69, 9.17) is 0 Å². The molecule has 3 amide bonds. The van der Waals surface area contributed by atoms with Crippen LogP contribution >= 0.6 is 23.7 Å². The van der Waals surface area contributed by atoms with Crippen LogP contribution in [0.5, 0.6) is 0 Å². The number of anilines is 1. The molecule has 0 saturated carbocycles. The minimum absolute atomic E-state index is 0. The summed E-state index contributed by atoms with van der Waals surface area (Å²) in [6.45, 7) is 5.84. The van der Waals surface area contributed by atoms with Gasteiger partial charge in [-0.1, -0.05) is 44.2 Å². The van der Waals surface area contributed by atoms with Crippen molar-refractivity contribution >= 4 is 57.2 Å². The molecule has 1 aliphatic heterocycles. The molecule has 9 heteroatoms. The molecule has 186 valence electrons. The van der Waals surface area contributed by atoms with Crippen LogP contribution in [-0.2, 0) is 20.9 Å². The Morgan fingerprint density at radius 3 is 2.49 bits per heavy atom. The number of likely N-dealkylation sites (N-methyl/N-ethyl adjacent to an activating group) is 1. The van der Waals surface area contributed by atoms with Gasteiger partial charge in [0.15, 0.2) is 0 Å². The van der Waals surface area contributed by atoms with Gasteiger partial charge in [-0.25, -0.2) is 0 Å². The number of benzene rings is 2. The molecule has 0 fully saturated rings. The van der Waals surface area contributed by atoms with Crippen molar-refractivity contribution in [3.05, 3.63) is 65.0 Å². The summed E-state index contributed by atoms with van der Waals surface area (Å²) < 4.78 is 1.08. The Labute approximate surface area is 215 Å². The zero-order valence-electron chi connectivity index (χ0n) is 20.2. The van der Waals surface area contributed by atoms with Gasteiger partial charge < -0.3 is 20.9 Å². The van der Waals surface area contributed by atoms with Gasteiger partial charge in [-0.15, -0.1) is 23.7 Å². The summed E-state index contributed by atoms with van der Waals surface area (Å²) in [5.41, 5.74) is 2.46. The molecule has 1 aromatic heterocycles. The minimum atomic E-state index is -0.780. The first-order valence-electron chi connectivity index (χ1n) is 11.4. The maximum absolute atomic E-state index is 13.8. The van der Waals surface area contributed by atoms with Crippen molar-refractivity contribution in [3.63, 3.8) is 0 Å². The molecule has 3 atom stereocenters. The van der Waals surface area contributed by atoms with E-state index in [1.807, 2.05) is 67.8 Å². The third-order valence-electron chi connectivity index (χ3n) is 6.34. The number of thiophene rings is 1. The van der Waals surface area contributed by atoms with Crippen LogP contribution in [0, 0.1) is 5.92 Å². The van der Waals surface area contributed by atoms with E-state index in [9.17, 15) is 14.4 Å². The number of fused-ring (bicyclic) bond motifs is 2. The fourth-order valence-corrected chi connectivity index (χ4v) is 5.09. The van der Waals surface area contributed by atoms with Gasteiger partial charge in [0.25, 0.3) is 5.91 Å². The largest absolute Gasteiger partial charge is 0.343 e. The van der Waals surface area contributed by atoms with E-state index >= 15 is 0 Å². The van der Waals surface area contributed by atoms with Crippen LogP contribution in [0.2, 0.25) is 0 Å². The summed E-state index contributed by atoms with van der Waals surface area (Å²) in [5.74, 6) is -0.935. The molecule has 0 bridgehead atoms. The maximum Gasteiger partial charge on any atom is 0.251 e. The molecule has 2 unspecified atom stereocenters. The van der Waals surface area contributed by atoms with Crippen molar-refractivity contribution in [2.45, 2.75) is 45.4 Å².